The number of carbonyl (C=O) groups excluding carboxylic acids is 1. The summed E-state index contributed by atoms with van der Waals surface area (Å²) in [6.07, 6.45) is 3.42. The molecule has 1 aromatic carbocycles. The zero-order valence-electron chi connectivity index (χ0n) is 10.2. The van der Waals surface area contributed by atoms with Crippen LogP contribution in [0.2, 0.25) is 0 Å². The quantitative estimate of drug-likeness (QED) is 0.870. The molecule has 1 N–H and O–H groups in total. The summed E-state index contributed by atoms with van der Waals surface area (Å²) in [5, 5.41) is 3.00. The average Bonchev–Trinajstić information content (AvgIpc) is 2.38. The Morgan fingerprint density at radius 1 is 1.35 bits per heavy atom. The van der Waals surface area contributed by atoms with Gasteiger partial charge in [-0.15, -0.1) is 0 Å². The Kier molecular flexibility index (Phi) is 4.15. The second-order valence-electron chi connectivity index (χ2n) is 4.49. The van der Waals surface area contributed by atoms with Gasteiger partial charge in [-0.25, -0.2) is 0 Å². The number of amides is 1. The molecule has 1 amide bonds. The summed E-state index contributed by atoms with van der Waals surface area (Å²) in [5.74, 6) is -0.00646. The van der Waals surface area contributed by atoms with Crippen molar-refractivity contribution in [3.63, 3.8) is 0 Å². The van der Waals surface area contributed by atoms with Gasteiger partial charge < -0.3 is 10.1 Å². The van der Waals surface area contributed by atoms with Crippen molar-refractivity contribution in [1.82, 2.24) is 5.32 Å². The van der Waals surface area contributed by atoms with Gasteiger partial charge in [-0.3, -0.25) is 4.79 Å². The van der Waals surface area contributed by atoms with Crippen LogP contribution < -0.4 is 5.32 Å². The molecule has 3 nitrogen and oxygen atoms in total. The molecule has 0 saturated carbocycles. The number of carbonyl (C=O) groups is 1. The van der Waals surface area contributed by atoms with Crippen molar-refractivity contribution in [1.29, 1.82) is 0 Å². The highest BCUT2D eigenvalue weighted by molar-refractivity contribution is 5.73. The van der Waals surface area contributed by atoms with Gasteiger partial charge in [0, 0.05) is 13.5 Å². The fourth-order valence-corrected chi connectivity index (χ4v) is 2.30. The number of hydrogen-bond donors (Lipinski definition) is 1. The van der Waals surface area contributed by atoms with Crippen molar-refractivity contribution in [2.24, 2.45) is 0 Å². The Morgan fingerprint density at radius 3 is 2.71 bits per heavy atom. The minimum absolute atomic E-state index is 0.00646. The maximum atomic E-state index is 11.3. The first kappa shape index (κ1) is 12.1. The Bertz CT molecular complexity index is 358. The largest absolute Gasteiger partial charge is 0.376 e. The number of hydrogen-bond acceptors (Lipinski definition) is 2. The van der Waals surface area contributed by atoms with E-state index in [1.165, 1.54) is 6.42 Å². The molecule has 3 heteroatoms. The van der Waals surface area contributed by atoms with Crippen LogP contribution in [-0.4, -0.2) is 18.6 Å². The highest BCUT2D eigenvalue weighted by Gasteiger charge is 2.26. The summed E-state index contributed by atoms with van der Waals surface area (Å²) in [6, 6.07) is 10.0. The molecule has 1 fully saturated rings. The fraction of sp³-hybridized carbons (Fsp3) is 0.500. The van der Waals surface area contributed by atoms with Crippen LogP contribution in [-0.2, 0) is 9.53 Å². The minimum atomic E-state index is -0.0194. The fourth-order valence-electron chi connectivity index (χ4n) is 2.30. The highest BCUT2D eigenvalue weighted by Crippen LogP contribution is 2.26. The predicted octanol–water partition coefficient (Wildman–Crippen LogP) is 2.43. The van der Waals surface area contributed by atoms with Crippen LogP contribution in [0.3, 0.4) is 0 Å². The third kappa shape index (κ3) is 3.30. The maximum absolute atomic E-state index is 11.3. The van der Waals surface area contributed by atoms with Gasteiger partial charge in [-0.1, -0.05) is 30.3 Å². The topological polar surface area (TPSA) is 38.3 Å². The van der Waals surface area contributed by atoms with Crippen LogP contribution in [0.15, 0.2) is 30.3 Å². The molecule has 2 atom stereocenters. The first-order chi connectivity index (χ1) is 8.27. The second kappa shape index (κ2) is 5.82. The summed E-state index contributed by atoms with van der Waals surface area (Å²) in [6.45, 7) is 2.35. The molecule has 1 heterocycles. The third-order valence-electron chi connectivity index (χ3n) is 3.10. The zero-order valence-corrected chi connectivity index (χ0v) is 10.2. The van der Waals surface area contributed by atoms with Gasteiger partial charge in [0.25, 0.3) is 0 Å². The average molecular weight is 233 g/mol. The van der Waals surface area contributed by atoms with Crippen LogP contribution in [0.5, 0.6) is 0 Å². The van der Waals surface area contributed by atoms with Gasteiger partial charge in [0.1, 0.15) is 0 Å². The van der Waals surface area contributed by atoms with Gasteiger partial charge >= 0.3 is 0 Å². The maximum Gasteiger partial charge on any atom is 0.217 e. The van der Waals surface area contributed by atoms with Crippen LogP contribution in [0.25, 0.3) is 0 Å². The molecule has 2 rings (SSSR count). The summed E-state index contributed by atoms with van der Waals surface area (Å²) in [5.41, 5.74) is 1.12. The second-order valence-corrected chi connectivity index (χ2v) is 4.49. The van der Waals surface area contributed by atoms with E-state index in [2.05, 4.69) is 5.32 Å². The zero-order chi connectivity index (χ0) is 12.1. The van der Waals surface area contributed by atoms with E-state index < -0.39 is 0 Å². The molecular weight excluding hydrogens is 214 g/mol. The van der Waals surface area contributed by atoms with Crippen LogP contribution in [0.4, 0.5) is 0 Å². The molecule has 1 aromatic rings. The Labute approximate surface area is 102 Å². The van der Waals surface area contributed by atoms with Gasteiger partial charge in [0.2, 0.25) is 5.91 Å². The highest BCUT2D eigenvalue weighted by atomic mass is 16.5. The molecule has 1 aliphatic heterocycles. The van der Waals surface area contributed by atoms with Crippen molar-refractivity contribution in [2.75, 3.05) is 6.61 Å². The van der Waals surface area contributed by atoms with E-state index in [0.717, 1.165) is 25.0 Å². The predicted molar refractivity (Wildman–Crippen MR) is 66.6 cm³/mol. The molecule has 0 aromatic heterocycles. The van der Waals surface area contributed by atoms with E-state index in [0.29, 0.717) is 0 Å². The Balaban J connectivity index is 2.15. The van der Waals surface area contributed by atoms with Gasteiger partial charge in [0.15, 0.2) is 0 Å². The normalized spacial score (nSPS) is 21.8. The number of rotatable bonds is 3. The smallest absolute Gasteiger partial charge is 0.217 e. The van der Waals surface area contributed by atoms with E-state index in [1.54, 1.807) is 6.92 Å². The molecule has 2 unspecified atom stereocenters. The van der Waals surface area contributed by atoms with Crippen LogP contribution >= 0.6 is 0 Å². The van der Waals surface area contributed by atoms with E-state index in [1.807, 2.05) is 30.3 Å². The van der Waals surface area contributed by atoms with Crippen molar-refractivity contribution in [2.45, 2.75) is 38.3 Å². The lowest BCUT2D eigenvalue weighted by molar-refractivity contribution is -0.121. The number of nitrogens with one attached hydrogen (secondary N) is 1. The first-order valence-electron chi connectivity index (χ1n) is 6.21. The van der Waals surface area contributed by atoms with E-state index >= 15 is 0 Å². The third-order valence-corrected chi connectivity index (χ3v) is 3.10. The van der Waals surface area contributed by atoms with Crippen molar-refractivity contribution < 1.29 is 9.53 Å². The van der Waals surface area contributed by atoms with E-state index in [9.17, 15) is 4.79 Å². The van der Waals surface area contributed by atoms with Gasteiger partial charge in [0.05, 0.1) is 12.1 Å². The summed E-state index contributed by atoms with van der Waals surface area (Å²) < 4.78 is 5.78. The lowest BCUT2D eigenvalue weighted by Gasteiger charge is -2.31. The summed E-state index contributed by atoms with van der Waals surface area (Å²) in [7, 11) is 0. The Hall–Kier alpha value is -1.35. The molecule has 92 valence electrons. The monoisotopic (exact) mass is 233 g/mol. The lowest BCUT2D eigenvalue weighted by Crippen LogP contribution is -2.38. The minimum Gasteiger partial charge on any atom is -0.376 e. The molecule has 17 heavy (non-hydrogen) atoms. The van der Waals surface area contributed by atoms with Crippen molar-refractivity contribution in [3.05, 3.63) is 35.9 Å². The first-order valence-corrected chi connectivity index (χ1v) is 6.21. The molecule has 1 saturated heterocycles. The van der Waals surface area contributed by atoms with Crippen LogP contribution in [0.1, 0.15) is 37.8 Å². The molecule has 0 spiro atoms. The van der Waals surface area contributed by atoms with Crippen molar-refractivity contribution in [3.8, 4) is 0 Å². The number of ether oxygens (including phenoxy) is 1. The van der Waals surface area contributed by atoms with Crippen molar-refractivity contribution >= 4 is 5.91 Å². The van der Waals surface area contributed by atoms with E-state index in [-0.39, 0.29) is 18.1 Å². The molecule has 0 aliphatic carbocycles. The molecule has 1 aliphatic rings. The molecular formula is C14H19NO2. The summed E-state index contributed by atoms with van der Waals surface area (Å²) >= 11 is 0. The summed E-state index contributed by atoms with van der Waals surface area (Å²) in [4.78, 5) is 11.3. The van der Waals surface area contributed by atoms with Gasteiger partial charge in [-0.2, -0.15) is 0 Å². The Morgan fingerprint density at radius 2 is 2.12 bits per heavy atom. The molecule has 0 bridgehead atoms. The van der Waals surface area contributed by atoms with Gasteiger partial charge in [-0.05, 0) is 24.8 Å². The lowest BCUT2D eigenvalue weighted by atomic mass is 9.95. The molecule has 0 radical (unpaired) electrons. The SMILES string of the molecule is CC(=O)NC(c1ccccc1)C1CCCCO1. The van der Waals surface area contributed by atoms with E-state index in [4.69, 9.17) is 4.74 Å². The standard InChI is InChI=1S/C14H19NO2/c1-11(16)15-14(12-7-3-2-4-8-12)13-9-5-6-10-17-13/h2-4,7-8,13-14H,5-6,9-10H2,1H3,(H,15,16). The number of benzene rings is 1. The van der Waals surface area contributed by atoms with Crippen LogP contribution in [0, 0.1) is 0 Å².